The van der Waals surface area contributed by atoms with Crippen molar-refractivity contribution in [2.75, 3.05) is 0 Å². The summed E-state index contributed by atoms with van der Waals surface area (Å²) in [5.74, 6) is -0.916. The van der Waals surface area contributed by atoms with Crippen molar-refractivity contribution in [3.8, 4) is 0 Å². The fraction of sp³-hybridized carbons (Fsp3) is 0. The van der Waals surface area contributed by atoms with E-state index < -0.39 is 11.9 Å². The Labute approximate surface area is 57.8 Å². The van der Waals surface area contributed by atoms with E-state index in [0.29, 0.717) is 0 Å². The molecule has 0 aliphatic carbocycles. The number of halogens is 1. The van der Waals surface area contributed by atoms with Gasteiger partial charge in [0.05, 0.1) is 0 Å². The molecular weight excluding hydrogens is 144 g/mol. The Hall–Kier alpha value is -1.17. The van der Waals surface area contributed by atoms with Gasteiger partial charge in [0, 0.05) is 0 Å². The molecule has 0 bridgehead atoms. The molecule has 6 nitrogen and oxygen atoms in total. The van der Waals surface area contributed by atoms with Gasteiger partial charge in [0.1, 0.15) is 0 Å². The lowest BCUT2D eigenvalue weighted by Crippen LogP contribution is -2.09. The van der Waals surface area contributed by atoms with Crippen LogP contribution in [0.3, 0.4) is 0 Å². The van der Waals surface area contributed by atoms with Gasteiger partial charge < -0.3 is 11.5 Å². The highest BCUT2D eigenvalue weighted by Gasteiger charge is 1.79. The minimum atomic E-state index is -0.458. The number of nitrogens with one attached hydrogen (secondary N) is 2. The summed E-state index contributed by atoms with van der Waals surface area (Å²) in [5, 5.41) is 18.8. The Morgan fingerprint density at radius 3 is 1.33 bits per heavy atom. The maximum absolute atomic E-state index is 6.45. The maximum Gasteiger partial charge on any atom is 0.232 e. The molecule has 0 aliphatic heterocycles. The Bertz CT molecular complexity index is 122. The van der Waals surface area contributed by atoms with Crippen LogP contribution in [0, 0.1) is 10.8 Å². The van der Waals surface area contributed by atoms with E-state index in [4.69, 9.17) is 22.3 Å². The third kappa shape index (κ3) is 10.9. The maximum atomic E-state index is 6.45. The van der Waals surface area contributed by atoms with Crippen molar-refractivity contribution in [1.29, 1.82) is 10.8 Å². The SMILES string of the molecule is Cl.N=C(N)/N=N/C(=N)N. The molecule has 0 rings (SSSR count). The highest BCUT2D eigenvalue weighted by Crippen LogP contribution is 1.68. The molecule has 0 spiro atoms. The predicted octanol–water partition coefficient (Wildman–Crippen LogP) is -0.353. The highest BCUT2D eigenvalue weighted by atomic mass is 35.5. The third-order valence-electron chi connectivity index (χ3n) is 0.265. The molecule has 0 unspecified atom stereocenters. The highest BCUT2D eigenvalue weighted by molar-refractivity contribution is 5.85. The summed E-state index contributed by atoms with van der Waals surface area (Å²) in [6.45, 7) is 0. The third-order valence-corrected chi connectivity index (χ3v) is 0.265. The van der Waals surface area contributed by atoms with Gasteiger partial charge in [0.2, 0.25) is 11.9 Å². The summed E-state index contributed by atoms with van der Waals surface area (Å²) in [7, 11) is 0. The number of guanidine groups is 2. The van der Waals surface area contributed by atoms with Gasteiger partial charge in [-0.25, -0.2) is 0 Å². The molecule has 52 valence electrons. The van der Waals surface area contributed by atoms with Crippen LogP contribution >= 0.6 is 12.4 Å². The Morgan fingerprint density at radius 1 is 1.00 bits per heavy atom. The molecule has 0 radical (unpaired) electrons. The van der Waals surface area contributed by atoms with E-state index in [2.05, 4.69) is 10.2 Å². The molecule has 0 aromatic rings. The first-order chi connectivity index (χ1) is 3.63. The smallest absolute Gasteiger partial charge is 0.232 e. The zero-order chi connectivity index (χ0) is 6.57. The average molecular weight is 151 g/mol. The lowest BCUT2D eigenvalue weighted by atomic mass is 11.1. The summed E-state index contributed by atoms with van der Waals surface area (Å²) in [4.78, 5) is 0. The predicted molar refractivity (Wildman–Crippen MR) is 35.9 cm³/mol. The van der Waals surface area contributed by atoms with E-state index in [9.17, 15) is 0 Å². The first kappa shape index (κ1) is 10.7. The van der Waals surface area contributed by atoms with Crippen LogP contribution < -0.4 is 11.5 Å². The summed E-state index contributed by atoms with van der Waals surface area (Å²) < 4.78 is 0. The minimum Gasteiger partial charge on any atom is -0.367 e. The Morgan fingerprint density at radius 2 is 1.22 bits per heavy atom. The number of azo groups is 1. The lowest BCUT2D eigenvalue weighted by Gasteiger charge is -1.80. The molecule has 0 atom stereocenters. The van der Waals surface area contributed by atoms with Crippen LogP contribution in [-0.2, 0) is 0 Å². The molecule has 9 heavy (non-hydrogen) atoms. The van der Waals surface area contributed by atoms with Crippen molar-refractivity contribution in [3.05, 3.63) is 0 Å². The largest absolute Gasteiger partial charge is 0.367 e. The zero-order valence-corrected chi connectivity index (χ0v) is 5.27. The number of rotatable bonds is 0. The molecule has 0 fully saturated rings. The van der Waals surface area contributed by atoms with Gasteiger partial charge in [0.25, 0.3) is 0 Å². The van der Waals surface area contributed by atoms with Crippen LogP contribution in [0.5, 0.6) is 0 Å². The minimum absolute atomic E-state index is 0. The van der Waals surface area contributed by atoms with Crippen molar-refractivity contribution >= 4 is 24.3 Å². The van der Waals surface area contributed by atoms with E-state index in [1.165, 1.54) is 0 Å². The molecule has 7 heteroatoms. The van der Waals surface area contributed by atoms with Gasteiger partial charge >= 0.3 is 0 Å². The van der Waals surface area contributed by atoms with E-state index in [1.807, 2.05) is 0 Å². The molecule has 0 aromatic carbocycles. The van der Waals surface area contributed by atoms with Crippen LogP contribution in [0.2, 0.25) is 0 Å². The van der Waals surface area contributed by atoms with Gasteiger partial charge in [-0.2, -0.15) is 0 Å². The second kappa shape index (κ2) is 4.98. The van der Waals surface area contributed by atoms with Crippen LogP contribution in [0.15, 0.2) is 10.2 Å². The van der Waals surface area contributed by atoms with Crippen molar-refractivity contribution < 1.29 is 0 Å². The summed E-state index contributed by atoms with van der Waals surface area (Å²) in [6.07, 6.45) is 0. The fourth-order valence-electron chi connectivity index (χ4n) is 0.108. The van der Waals surface area contributed by atoms with E-state index >= 15 is 0 Å². The van der Waals surface area contributed by atoms with Crippen LogP contribution in [0.4, 0.5) is 0 Å². The summed E-state index contributed by atoms with van der Waals surface area (Å²) in [5.41, 5.74) is 9.42. The molecule has 0 aromatic heterocycles. The number of hydrogen-bond donors (Lipinski definition) is 4. The van der Waals surface area contributed by atoms with Gasteiger partial charge in [-0.05, 0) is 0 Å². The van der Waals surface area contributed by atoms with Crippen molar-refractivity contribution in [2.24, 2.45) is 21.7 Å². The second-order valence-corrected chi connectivity index (χ2v) is 0.970. The van der Waals surface area contributed by atoms with Crippen molar-refractivity contribution in [3.63, 3.8) is 0 Å². The molecule has 0 saturated heterocycles. The van der Waals surface area contributed by atoms with Crippen molar-refractivity contribution in [2.45, 2.75) is 0 Å². The molecule has 0 aliphatic rings. The fourth-order valence-corrected chi connectivity index (χ4v) is 0.108. The number of nitrogens with two attached hydrogens (primary N) is 2. The zero-order valence-electron chi connectivity index (χ0n) is 4.46. The molecule has 0 saturated carbocycles. The van der Waals surface area contributed by atoms with Crippen molar-refractivity contribution in [1.82, 2.24) is 0 Å². The van der Waals surface area contributed by atoms with Crippen LogP contribution in [0.25, 0.3) is 0 Å². The standard InChI is InChI=1S/C2H6N6.ClH/c3-1(4)7-8-2(5)6;/h(H3,3,4)(H3,5,6);1H/b8-7+;. The molecule has 0 heterocycles. The summed E-state index contributed by atoms with van der Waals surface area (Å²) in [6, 6.07) is 0. The second-order valence-electron chi connectivity index (χ2n) is 0.970. The topological polar surface area (TPSA) is 124 Å². The number of hydrogen-bond acceptors (Lipinski definition) is 2. The first-order valence-corrected chi connectivity index (χ1v) is 1.72. The lowest BCUT2D eigenvalue weighted by molar-refractivity contribution is 1.21. The summed E-state index contributed by atoms with van der Waals surface area (Å²) >= 11 is 0. The molecule has 6 N–H and O–H groups in total. The Kier molecular flexibility index (Phi) is 5.94. The van der Waals surface area contributed by atoms with E-state index in [-0.39, 0.29) is 12.4 Å². The van der Waals surface area contributed by atoms with Gasteiger partial charge in [0.15, 0.2) is 0 Å². The quantitative estimate of drug-likeness (QED) is 0.214. The van der Waals surface area contributed by atoms with E-state index in [0.717, 1.165) is 0 Å². The normalized spacial score (nSPS) is 8.44. The van der Waals surface area contributed by atoms with Gasteiger partial charge in [-0.1, -0.05) is 0 Å². The number of nitrogens with zero attached hydrogens (tertiary/aromatic N) is 2. The molecular formula is C2H7ClN6. The Balaban J connectivity index is 0. The van der Waals surface area contributed by atoms with E-state index in [1.54, 1.807) is 0 Å². The van der Waals surface area contributed by atoms with Crippen LogP contribution in [-0.4, -0.2) is 11.9 Å². The van der Waals surface area contributed by atoms with Gasteiger partial charge in [-0.3, -0.25) is 10.8 Å². The van der Waals surface area contributed by atoms with Crippen LogP contribution in [0.1, 0.15) is 0 Å². The first-order valence-electron chi connectivity index (χ1n) is 1.72. The van der Waals surface area contributed by atoms with Gasteiger partial charge in [-0.15, -0.1) is 22.6 Å². The monoisotopic (exact) mass is 150 g/mol. The molecule has 0 amide bonds. The average Bonchev–Trinajstić information content (AvgIpc) is 1.61.